The number of benzene rings is 1. The van der Waals surface area contributed by atoms with Gasteiger partial charge in [-0.15, -0.1) is 0 Å². The molecule has 0 aromatic heterocycles. The quantitative estimate of drug-likeness (QED) is 0.623. The summed E-state index contributed by atoms with van der Waals surface area (Å²) in [4.78, 5) is 12.8. The minimum Gasteiger partial charge on any atom is -0.299 e. The Morgan fingerprint density at radius 3 is 2.32 bits per heavy atom. The second-order valence-corrected chi connectivity index (χ2v) is 8.84. The molecule has 1 aromatic carbocycles. The molecule has 0 saturated heterocycles. The van der Waals surface area contributed by atoms with E-state index in [-0.39, 0.29) is 5.41 Å². The van der Waals surface area contributed by atoms with Crippen molar-refractivity contribution in [2.45, 2.75) is 70.6 Å². The molecule has 3 aliphatic carbocycles. The first-order chi connectivity index (χ1) is 10.5. The van der Waals surface area contributed by atoms with Gasteiger partial charge in [-0.2, -0.15) is 0 Å². The lowest BCUT2D eigenvalue weighted by molar-refractivity contribution is -0.135. The fourth-order valence-electron chi connectivity index (χ4n) is 4.54. The smallest absolute Gasteiger partial charge is 0.139 e. The van der Waals surface area contributed by atoms with Crippen molar-refractivity contribution in [3.63, 3.8) is 0 Å². The molecule has 4 rings (SSSR count). The average molecular weight is 363 g/mol. The second kappa shape index (κ2) is 6.11. The molecular formula is C20H27BrO. The van der Waals surface area contributed by atoms with Crippen LogP contribution in [0.5, 0.6) is 0 Å². The normalized spacial score (nSPS) is 30.7. The zero-order valence-corrected chi connectivity index (χ0v) is 15.4. The van der Waals surface area contributed by atoms with Crippen LogP contribution in [0.3, 0.4) is 0 Å². The first-order valence-electron chi connectivity index (χ1n) is 8.75. The Kier molecular flexibility index (Phi) is 4.51. The van der Waals surface area contributed by atoms with E-state index < -0.39 is 0 Å². The second-order valence-electron chi connectivity index (χ2n) is 7.93. The number of hydrogen-bond donors (Lipinski definition) is 0. The van der Waals surface area contributed by atoms with Crippen molar-refractivity contribution in [2.24, 2.45) is 11.3 Å². The van der Waals surface area contributed by atoms with Gasteiger partial charge in [0.2, 0.25) is 0 Å². The van der Waals surface area contributed by atoms with Gasteiger partial charge in [0.05, 0.1) is 0 Å². The number of halogens is 1. The lowest BCUT2D eigenvalue weighted by Gasteiger charge is -2.53. The highest BCUT2D eigenvalue weighted by Gasteiger charge is 2.52. The van der Waals surface area contributed by atoms with E-state index in [1.54, 1.807) is 0 Å². The van der Waals surface area contributed by atoms with Crippen LogP contribution in [0.1, 0.15) is 70.8 Å². The Labute approximate surface area is 143 Å². The molecule has 0 atom stereocenters. The number of Topliss-reactive ketones (excluding diaryl/α,β-unsaturated/α-hetero) is 1. The Morgan fingerprint density at radius 1 is 1.14 bits per heavy atom. The van der Waals surface area contributed by atoms with Crippen LogP contribution in [0.2, 0.25) is 0 Å². The van der Waals surface area contributed by atoms with Crippen LogP contribution < -0.4 is 0 Å². The highest BCUT2D eigenvalue weighted by Crippen LogP contribution is 2.58. The number of fused-ring (bicyclic) bond motifs is 3. The topological polar surface area (TPSA) is 17.1 Å². The number of hydrogen-bond acceptors (Lipinski definition) is 1. The summed E-state index contributed by atoms with van der Waals surface area (Å²) in [6.45, 7) is 4.43. The molecule has 0 radical (unpaired) electrons. The first kappa shape index (κ1) is 16.2. The van der Waals surface area contributed by atoms with Crippen LogP contribution >= 0.6 is 15.9 Å². The molecule has 0 amide bonds. The molecule has 2 heteroatoms. The number of rotatable bonds is 5. The van der Waals surface area contributed by atoms with Crippen molar-refractivity contribution < 1.29 is 4.79 Å². The molecule has 3 saturated carbocycles. The Hall–Kier alpha value is -0.630. The molecule has 1 aromatic rings. The van der Waals surface area contributed by atoms with E-state index in [4.69, 9.17) is 0 Å². The molecular weight excluding hydrogens is 336 g/mol. The van der Waals surface area contributed by atoms with Gasteiger partial charge >= 0.3 is 0 Å². The SMILES string of the molecule is CC(C)CCC(=O)C12CCC(c3cccc(Br)c3)(CC1)CC2. The van der Waals surface area contributed by atoms with E-state index >= 15 is 0 Å². The molecule has 1 nitrogen and oxygen atoms in total. The molecule has 120 valence electrons. The van der Waals surface area contributed by atoms with E-state index in [2.05, 4.69) is 54.0 Å². The van der Waals surface area contributed by atoms with Crippen molar-refractivity contribution in [3.05, 3.63) is 34.3 Å². The van der Waals surface area contributed by atoms with Gasteiger partial charge in [-0.3, -0.25) is 4.79 Å². The molecule has 0 heterocycles. The fourth-order valence-corrected chi connectivity index (χ4v) is 4.94. The van der Waals surface area contributed by atoms with Crippen LogP contribution in [0, 0.1) is 11.3 Å². The Balaban J connectivity index is 1.72. The molecule has 0 spiro atoms. The maximum Gasteiger partial charge on any atom is 0.139 e. The molecule has 22 heavy (non-hydrogen) atoms. The van der Waals surface area contributed by atoms with Crippen LogP contribution in [0.4, 0.5) is 0 Å². The zero-order chi connectivity index (χ0) is 15.8. The first-order valence-corrected chi connectivity index (χ1v) is 9.55. The van der Waals surface area contributed by atoms with E-state index in [9.17, 15) is 4.79 Å². The summed E-state index contributed by atoms with van der Waals surface area (Å²) in [5, 5.41) is 0. The summed E-state index contributed by atoms with van der Waals surface area (Å²) in [5.74, 6) is 1.19. The highest BCUT2D eigenvalue weighted by atomic mass is 79.9. The van der Waals surface area contributed by atoms with Crippen molar-refractivity contribution in [3.8, 4) is 0 Å². The predicted molar refractivity (Wildman–Crippen MR) is 95.0 cm³/mol. The summed E-state index contributed by atoms with van der Waals surface area (Å²) < 4.78 is 1.18. The third-order valence-electron chi connectivity index (χ3n) is 6.22. The monoisotopic (exact) mass is 362 g/mol. The van der Waals surface area contributed by atoms with Gasteiger partial charge in [-0.05, 0) is 74.0 Å². The molecule has 0 N–H and O–H groups in total. The van der Waals surface area contributed by atoms with E-state index in [1.165, 1.54) is 29.3 Å². The fraction of sp³-hybridized carbons (Fsp3) is 0.650. The predicted octanol–water partition coefficient (Wildman–Crippen LogP) is 6.05. The zero-order valence-electron chi connectivity index (χ0n) is 13.8. The van der Waals surface area contributed by atoms with Crippen molar-refractivity contribution >= 4 is 21.7 Å². The van der Waals surface area contributed by atoms with Crippen LogP contribution in [-0.4, -0.2) is 5.78 Å². The molecule has 3 fully saturated rings. The summed E-state index contributed by atoms with van der Waals surface area (Å²) >= 11 is 3.61. The van der Waals surface area contributed by atoms with Gasteiger partial charge in [0, 0.05) is 16.3 Å². The Bertz CT molecular complexity index is 536. The van der Waals surface area contributed by atoms with E-state index in [1.807, 2.05) is 0 Å². The van der Waals surface area contributed by atoms with E-state index in [0.717, 1.165) is 32.1 Å². The third-order valence-corrected chi connectivity index (χ3v) is 6.72. The minimum atomic E-state index is 0.0304. The minimum absolute atomic E-state index is 0.0304. The van der Waals surface area contributed by atoms with Gasteiger partial charge < -0.3 is 0 Å². The number of carbonyl (C=O) groups excluding carboxylic acids is 1. The standard InChI is InChI=1S/C20H27BrO/c1-15(2)6-7-18(22)20-11-8-19(9-12-20,10-13-20)16-4-3-5-17(21)14-16/h3-5,14-15H,6-13H2,1-2H3. The van der Waals surface area contributed by atoms with Gasteiger partial charge in [-0.25, -0.2) is 0 Å². The highest BCUT2D eigenvalue weighted by molar-refractivity contribution is 9.10. The molecule has 0 aliphatic heterocycles. The molecule has 2 bridgehead atoms. The van der Waals surface area contributed by atoms with Gasteiger partial charge in [0.15, 0.2) is 0 Å². The third kappa shape index (κ3) is 2.91. The lowest BCUT2D eigenvalue weighted by atomic mass is 9.50. The van der Waals surface area contributed by atoms with Gasteiger partial charge in [0.25, 0.3) is 0 Å². The molecule has 0 unspecified atom stereocenters. The average Bonchev–Trinajstić information content (AvgIpc) is 2.54. The lowest BCUT2D eigenvalue weighted by Crippen LogP contribution is -2.48. The van der Waals surface area contributed by atoms with Crippen LogP contribution in [0.25, 0.3) is 0 Å². The number of carbonyl (C=O) groups is 1. The molecule has 3 aliphatic rings. The van der Waals surface area contributed by atoms with Crippen molar-refractivity contribution in [1.29, 1.82) is 0 Å². The van der Waals surface area contributed by atoms with Gasteiger partial charge in [0.1, 0.15) is 5.78 Å². The maximum absolute atomic E-state index is 12.8. The van der Waals surface area contributed by atoms with E-state index in [0.29, 0.717) is 17.1 Å². The Morgan fingerprint density at radius 2 is 1.77 bits per heavy atom. The van der Waals surface area contributed by atoms with Crippen molar-refractivity contribution in [2.75, 3.05) is 0 Å². The number of ketones is 1. The van der Waals surface area contributed by atoms with Crippen LogP contribution in [0.15, 0.2) is 28.7 Å². The van der Waals surface area contributed by atoms with Crippen LogP contribution in [-0.2, 0) is 10.2 Å². The maximum atomic E-state index is 12.8. The summed E-state index contributed by atoms with van der Waals surface area (Å²) in [6.07, 6.45) is 8.74. The summed E-state index contributed by atoms with van der Waals surface area (Å²) in [5.41, 5.74) is 1.84. The van der Waals surface area contributed by atoms with Gasteiger partial charge in [-0.1, -0.05) is 41.9 Å². The van der Waals surface area contributed by atoms with Crippen molar-refractivity contribution in [1.82, 2.24) is 0 Å². The summed E-state index contributed by atoms with van der Waals surface area (Å²) in [7, 11) is 0. The summed E-state index contributed by atoms with van der Waals surface area (Å²) in [6, 6.07) is 8.83. The largest absolute Gasteiger partial charge is 0.299 e.